The first-order valence-corrected chi connectivity index (χ1v) is 6.44. The first kappa shape index (κ1) is 12.7. The van der Waals surface area contributed by atoms with E-state index in [0.29, 0.717) is 17.4 Å². The molecule has 96 valence electrons. The van der Waals surface area contributed by atoms with Gasteiger partial charge in [0.25, 0.3) is 0 Å². The number of nitrogens with two attached hydrogens (primary N) is 1. The molecule has 18 heavy (non-hydrogen) atoms. The molecule has 1 fully saturated rings. The van der Waals surface area contributed by atoms with E-state index in [4.69, 9.17) is 15.7 Å². The van der Waals surface area contributed by atoms with Crippen LogP contribution in [0.4, 0.5) is 11.4 Å². The summed E-state index contributed by atoms with van der Waals surface area (Å²) in [6, 6.07) is 7.54. The van der Waals surface area contributed by atoms with Crippen molar-refractivity contribution in [3.05, 3.63) is 23.8 Å². The van der Waals surface area contributed by atoms with Gasteiger partial charge >= 0.3 is 0 Å². The van der Waals surface area contributed by atoms with Gasteiger partial charge in [0.05, 0.1) is 11.7 Å². The highest BCUT2D eigenvalue weighted by molar-refractivity contribution is 5.61. The number of benzene rings is 1. The van der Waals surface area contributed by atoms with E-state index < -0.39 is 0 Å². The summed E-state index contributed by atoms with van der Waals surface area (Å²) in [5, 5.41) is 12.2. The van der Waals surface area contributed by atoms with E-state index in [0.717, 1.165) is 31.7 Å². The molecule has 1 aromatic rings. The second-order valence-corrected chi connectivity index (χ2v) is 4.62. The van der Waals surface area contributed by atoms with Crippen LogP contribution in [0.2, 0.25) is 0 Å². The lowest BCUT2D eigenvalue weighted by Crippen LogP contribution is -2.22. The van der Waals surface area contributed by atoms with Crippen LogP contribution in [0, 0.1) is 11.3 Å². The van der Waals surface area contributed by atoms with Gasteiger partial charge in [-0.2, -0.15) is 5.26 Å². The Bertz CT molecular complexity index is 433. The minimum Gasteiger partial charge on any atom is -0.398 e. The Balaban J connectivity index is 1.81. The maximum Gasteiger partial charge on any atom is 0.101 e. The fourth-order valence-electron chi connectivity index (χ4n) is 2.18. The second kappa shape index (κ2) is 6.27. The highest BCUT2D eigenvalue weighted by Crippen LogP contribution is 2.18. The molecule has 0 aliphatic carbocycles. The SMILES string of the molecule is N#Cc1cc(NCCC2CCCCO2)ccc1N. The summed E-state index contributed by atoms with van der Waals surface area (Å²) in [6.45, 7) is 1.75. The zero-order chi connectivity index (χ0) is 12.8. The standard InChI is InChI=1S/C14H19N3O/c15-10-11-9-12(4-5-14(11)16)17-7-6-13-3-1-2-8-18-13/h4-5,9,13,17H,1-3,6-8,16H2. The van der Waals surface area contributed by atoms with Crippen LogP contribution in [-0.2, 0) is 4.74 Å². The molecule has 1 aliphatic rings. The van der Waals surface area contributed by atoms with Crippen molar-refractivity contribution in [2.75, 3.05) is 24.2 Å². The predicted octanol–water partition coefficient (Wildman–Crippen LogP) is 2.51. The maximum atomic E-state index is 8.89. The summed E-state index contributed by atoms with van der Waals surface area (Å²) in [5.74, 6) is 0. The third-order valence-electron chi connectivity index (χ3n) is 3.24. The average Bonchev–Trinajstić information content (AvgIpc) is 2.42. The Labute approximate surface area is 108 Å². The molecule has 4 nitrogen and oxygen atoms in total. The summed E-state index contributed by atoms with van der Waals surface area (Å²) >= 11 is 0. The second-order valence-electron chi connectivity index (χ2n) is 4.62. The Morgan fingerprint density at radius 1 is 1.44 bits per heavy atom. The van der Waals surface area contributed by atoms with Crippen LogP contribution >= 0.6 is 0 Å². The van der Waals surface area contributed by atoms with E-state index >= 15 is 0 Å². The summed E-state index contributed by atoms with van der Waals surface area (Å²) in [5.41, 5.74) is 7.67. The minimum atomic E-state index is 0.385. The Morgan fingerprint density at radius 3 is 3.06 bits per heavy atom. The lowest BCUT2D eigenvalue weighted by Gasteiger charge is -2.22. The van der Waals surface area contributed by atoms with Crippen molar-refractivity contribution in [2.24, 2.45) is 0 Å². The lowest BCUT2D eigenvalue weighted by molar-refractivity contribution is 0.0134. The molecule has 0 spiro atoms. The molecule has 1 saturated heterocycles. The summed E-state index contributed by atoms with van der Waals surface area (Å²) < 4.78 is 5.67. The lowest BCUT2D eigenvalue weighted by atomic mass is 10.1. The number of hydrogen-bond acceptors (Lipinski definition) is 4. The van der Waals surface area contributed by atoms with Crippen LogP contribution < -0.4 is 11.1 Å². The van der Waals surface area contributed by atoms with E-state index in [-0.39, 0.29) is 0 Å². The summed E-state index contributed by atoms with van der Waals surface area (Å²) in [6.07, 6.45) is 5.01. The molecule has 4 heteroatoms. The van der Waals surface area contributed by atoms with Crippen LogP contribution in [0.1, 0.15) is 31.2 Å². The van der Waals surface area contributed by atoms with Crippen LogP contribution in [0.3, 0.4) is 0 Å². The Hall–Kier alpha value is -1.73. The van der Waals surface area contributed by atoms with Gasteiger partial charge in [-0.15, -0.1) is 0 Å². The largest absolute Gasteiger partial charge is 0.398 e. The number of nitrogens with one attached hydrogen (secondary N) is 1. The zero-order valence-electron chi connectivity index (χ0n) is 10.5. The molecule has 0 radical (unpaired) electrons. The van der Waals surface area contributed by atoms with Crippen LogP contribution in [0.5, 0.6) is 0 Å². The molecule has 1 atom stereocenters. The first-order chi connectivity index (χ1) is 8.79. The zero-order valence-corrected chi connectivity index (χ0v) is 10.5. The van der Waals surface area contributed by atoms with Crippen molar-refractivity contribution in [2.45, 2.75) is 31.8 Å². The Morgan fingerprint density at radius 2 is 2.33 bits per heavy atom. The van der Waals surface area contributed by atoms with Gasteiger partial charge in [-0.25, -0.2) is 0 Å². The third kappa shape index (κ3) is 3.38. The van der Waals surface area contributed by atoms with Gasteiger partial charge in [0, 0.05) is 24.5 Å². The fourth-order valence-corrected chi connectivity index (χ4v) is 2.18. The molecule has 0 bridgehead atoms. The smallest absolute Gasteiger partial charge is 0.101 e. The number of rotatable bonds is 4. The number of hydrogen-bond donors (Lipinski definition) is 2. The first-order valence-electron chi connectivity index (χ1n) is 6.44. The highest BCUT2D eigenvalue weighted by atomic mass is 16.5. The van der Waals surface area contributed by atoms with Crippen molar-refractivity contribution in [1.82, 2.24) is 0 Å². The van der Waals surface area contributed by atoms with Gasteiger partial charge in [0.15, 0.2) is 0 Å². The summed E-state index contributed by atoms with van der Waals surface area (Å²) in [7, 11) is 0. The normalized spacial score (nSPS) is 19.2. The molecule has 0 amide bonds. The molecule has 0 saturated carbocycles. The molecule has 0 aromatic heterocycles. The minimum absolute atomic E-state index is 0.385. The van der Waals surface area contributed by atoms with Gasteiger partial charge in [0.1, 0.15) is 6.07 Å². The number of nitrogens with zero attached hydrogens (tertiary/aromatic N) is 1. The van der Waals surface area contributed by atoms with Crippen molar-refractivity contribution in [3.8, 4) is 6.07 Å². The van der Waals surface area contributed by atoms with Crippen molar-refractivity contribution in [3.63, 3.8) is 0 Å². The Kier molecular flexibility index (Phi) is 4.43. The molecule has 2 rings (SSSR count). The van der Waals surface area contributed by atoms with Crippen LogP contribution in [0.25, 0.3) is 0 Å². The molecule has 3 N–H and O–H groups in total. The average molecular weight is 245 g/mol. The summed E-state index contributed by atoms with van der Waals surface area (Å²) in [4.78, 5) is 0. The number of nitrogen functional groups attached to an aromatic ring is 1. The highest BCUT2D eigenvalue weighted by Gasteiger charge is 2.12. The van der Waals surface area contributed by atoms with Gasteiger partial charge in [-0.05, 0) is 43.9 Å². The van der Waals surface area contributed by atoms with Crippen molar-refractivity contribution in [1.29, 1.82) is 5.26 Å². The van der Waals surface area contributed by atoms with Gasteiger partial charge in [0.2, 0.25) is 0 Å². The molecule has 1 aromatic carbocycles. The van der Waals surface area contributed by atoms with E-state index in [1.807, 2.05) is 6.07 Å². The van der Waals surface area contributed by atoms with E-state index in [1.165, 1.54) is 12.8 Å². The quantitative estimate of drug-likeness (QED) is 0.799. The van der Waals surface area contributed by atoms with Crippen LogP contribution in [-0.4, -0.2) is 19.3 Å². The molecular formula is C14H19N3O. The maximum absolute atomic E-state index is 8.89. The molecule has 1 aliphatic heterocycles. The number of anilines is 2. The van der Waals surface area contributed by atoms with Crippen molar-refractivity contribution < 1.29 is 4.74 Å². The number of nitriles is 1. The van der Waals surface area contributed by atoms with Crippen LogP contribution in [0.15, 0.2) is 18.2 Å². The fraction of sp³-hybridized carbons (Fsp3) is 0.500. The van der Waals surface area contributed by atoms with Gasteiger partial charge in [-0.3, -0.25) is 0 Å². The molecule has 1 heterocycles. The van der Waals surface area contributed by atoms with Gasteiger partial charge < -0.3 is 15.8 Å². The third-order valence-corrected chi connectivity index (χ3v) is 3.24. The molecular weight excluding hydrogens is 226 g/mol. The van der Waals surface area contributed by atoms with E-state index in [2.05, 4.69) is 11.4 Å². The predicted molar refractivity (Wildman–Crippen MR) is 72.3 cm³/mol. The monoisotopic (exact) mass is 245 g/mol. The van der Waals surface area contributed by atoms with E-state index in [1.54, 1.807) is 12.1 Å². The van der Waals surface area contributed by atoms with Gasteiger partial charge in [-0.1, -0.05) is 0 Å². The van der Waals surface area contributed by atoms with E-state index in [9.17, 15) is 0 Å². The topological polar surface area (TPSA) is 71.1 Å². The number of ether oxygens (including phenoxy) is 1. The molecule has 1 unspecified atom stereocenters. The van der Waals surface area contributed by atoms with Crippen molar-refractivity contribution >= 4 is 11.4 Å².